The van der Waals surface area contributed by atoms with E-state index in [1.54, 1.807) is 12.1 Å². The van der Waals surface area contributed by atoms with Crippen molar-refractivity contribution in [2.24, 2.45) is 10.4 Å². The van der Waals surface area contributed by atoms with E-state index in [-0.39, 0.29) is 0 Å². The van der Waals surface area contributed by atoms with Crippen LogP contribution < -0.4 is 5.32 Å². The first-order valence-electron chi connectivity index (χ1n) is 8.74. The molecule has 1 saturated heterocycles. The Morgan fingerprint density at radius 1 is 1.25 bits per heavy atom. The summed E-state index contributed by atoms with van der Waals surface area (Å²) in [6.45, 7) is 5.71. The summed E-state index contributed by atoms with van der Waals surface area (Å²) in [5, 5.41) is 3.40. The fourth-order valence-corrected chi connectivity index (χ4v) is 4.27. The molecule has 1 saturated carbocycles. The second kappa shape index (κ2) is 6.75. The molecule has 0 radical (unpaired) electrons. The van der Waals surface area contributed by atoms with Gasteiger partial charge in [-0.25, -0.2) is 13.4 Å². The molecule has 0 amide bonds. The van der Waals surface area contributed by atoms with Gasteiger partial charge in [0.05, 0.1) is 11.4 Å². The zero-order chi connectivity index (χ0) is 17.2. The van der Waals surface area contributed by atoms with E-state index in [1.165, 1.54) is 31.9 Å². The van der Waals surface area contributed by atoms with E-state index in [0.29, 0.717) is 16.9 Å². The summed E-state index contributed by atoms with van der Waals surface area (Å²) in [5.74, 6) is 0.980. The van der Waals surface area contributed by atoms with Gasteiger partial charge in [-0.3, -0.25) is 0 Å². The van der Waals surface area contributed by atoms with Gasteiger partial charge in [0.25, 0.3) is 0 Å². The van der Waals surface area contributed by atoms with Gasteiger partial charge in [0.15, 0.2) is 15.8 Å². The standard InChI is InChI=1S/C18H27N3O2S/c1-3-19-17(21-12-11-18(14-21)9-4-10-18)20-13-15-5-7-16(8-6-15)24(2,22)23/h5-8H,3-4,9-14H2,1-2H3,(H,19,20). The maximum Gasteiger partial charge on any atom is 0.194 e. The SMILES string of the molecule is CCNC(=NCc1ccc(S(C)(=O)=O)cc1)N1CCC2(CCC2)C1. The third-order valence-electron chi connectivity index (χ3n) is 5.25. The first kappa shape index (κ1) is 17.3. The van der Waals surface area contributed by atoms with Gasteiger partial charge < -0.3 is 10.2 Å². The molecule has 1 aliphatic heterocycles. The Hall–Kier alpha value is -1.56. The van der Waals surface area contributed by atoms with Gasteiger partial charge in [0.2, 0.25) is 0 Å². The Morgan fingerprint density at radius 3 is 2.46 bits per heavy atom. The first-order chi connectivity index (χ1) is 11.4. The van der Waals surface area contributed by atoms with E-state index in [2.05, 4.69) is 17.1 Å². The number of aliphatic imine (C=N–C) groups is 1. The number of likely N-dealkylation sites (tertiary alicyclic amines) is 1. The highest BCUT2D eigenvalue weighted by atomic mass is 32.2. The van der Waals surface area contributed by atoms with Crippen LogP contribution in [0.1, 0.15) is 38.2 Å². The van der Waals surface area contributed by atoms with Crippen LogP contribution in [0.4, 0.5) is 0 Å². The Balaban J connectivity index is 1.68. The zero-order valence-corrected chi connectivity index (χ0v) is 15.4. The summed E-state index contributed by atoms with van der Waals surface area (Å²) in [4.78, 5) is 7.50. The average Bonchev–Trinajstić information content (AvgIpc) is 2.97. The van der Waals surface area contributed by atoms with E-state index in [0.717, 1.165) is 31.2 Å². The summed E-state index contributed by atoms with van der Waals surface area (Å²) in [7, 11) is -3.14. The van der Waals surface area contributed by atoms with Crippen molar-refractivity contribution in [2.75, 3.05) is 25.9 Å². The Labute approximate surface area is 145 Å². The molecule has 6 heteroatoms. The van der Waals surface area contributed by atoms with Crippen LogP contribution in [0.5, 0.6) is 0 Å². The largest absolute Gasteiger partial charge is 0.357 e. The first-order valence-corrected chi connectivity index (χ1v) is 10.6. The normalized spacial score (nSPS) is 20.2. The van der Waals surface area contributed by atoms with Crippen LogP contribution in [0.3, 0.4) is 0 Å². The molecule has 24 heavy (non-hydrogen) atoms. The van der Waals surface area contributed by atoms with Crippen molar-refractivity contribution in [1.29, 1.82) is 0 Å². The molecule has 0 aromatic heterocycles. The summed E-state index contributed by atoms with van der Waals surface area (Å²) in [5.41, 5.74) is 1.57. The Kier molecular flexibility index (Phi) is 4.85. The van der Waals surface area contributed by atoms with Gasteiger partial charge in [-0.05, 0) is 49.3 Å². The van der Waals surface area contributed by atoms with Crippen LogP contribution in [-0.2, 0) is 16.4 Å². The van der Waals surface area contributed by atoms with Crippen molar-refractivity contribution in [3.8, 4) is 0 Å². The van der Waals surface area contributed by atoms with Crippen molar-refractivity contribution in [3.05, 3.63) is 29.8 Å². The van der Waals surface area contributed by atoms with Crippen molar-refractivity contribution < 1.29 is 8.42 Å². The van der Waals surface area contributed by atoms with Gasteiger partial charge in [0.1, 0.15) is 0 Å². The number of rotatable bonds is 4. The lowest BCUT2D eigenvalue weighted by molar-refractivity contribution is 0.151. The van der Waals surface area contributed by atoms with Crippen molar-refractivity contribution in [3.63, 3.8) is 0 Å². The minimum atomic E-state index is -3.14. The second-order valence-electron chi connectivity index (χ2n) is 7.11. The minimum Gasteiger partial charge on any atom is -0.357 e. The van der Waals surface area contributed by atoms with E-state index >= 15 is 0 Å². The Morgan fingerprint density at radius 2 is 1.96 bits per heavy atom. The van der Waals surface area contributed by atoms with Crippen molar-refractivity contribution in [1.82, 2.24) is 10.2 Å². The highest BCUT2D eigenvalue weighted by Gasteiger charge is 2.43. The molecule has 0 unspecified atom stereocenters. The van der Waals surface area contributed by atoms with E-state index in [4.69, 9.17) is 4.99 Å². The van der Waals surface area contributed by atoms with Gasteiger partial charge in [-0.1, -0.05) is 18.6 Å². The molecule has 1 N–H and O–H groups in total. The van der Waals surface area contributed by atoms with Crippen molar-refractivity contribution >= 4 is 15.8 Å². The molecule has 5 nitrogen and oxygen atoms in total. The number of nitrogens with one attached hydrogen (secondary N) is 1. The van der Waals surface area contributed by atoms with E-state index < -0.39 is 9.84 Å². The summed E-state index contributed by atoms with van der Waals surface area (Å²) < 4.78 is 23.0. The third-order valence-corrected chi connectivity index (χ3v) is 6.38. The lowest BCUT2D eigenvalue weighted by Crippen LogP contribution is -2.42. The minimum absolute atomic E-state index is 0.355. The van der Waals surface area contributed by atoms with Gasteiger partial charge >= 0.3 is 0 Å². The van der Waals surface area contributed by atoms with Gasteiger partial charge in [-0.2, -0.15) is 0 Å². The predicted molar refractivity (Wildman–Crippen MR) is 96.8 cm³/mol. The maximum atomic E-state index is 11.5. The van der Waals surface area contributed by atoms with Crippen LogP contribution in [0.25, 0.3) is 0 Å². The molecule has 1 aromatic carbocycles. The number of hydrogen-bond acceptors (Lipinski definition) is 3. The van der Waals surface area contributed by atoms with E-state index in [9.17, 15) is 8.42 Å². The Bertz CT molecular complexity index is 706. The number of benzene rings is 1. The molecule has 1 spiro atoms. The van der Waals surface area contributed by atoms with Gasteiger partial charge in [0, 0.05) is 25.9 Å². The lowest BCUT2D eigenvalue weighted by Gasteiger charge is -2.38. The molecule has 1 aliphatic carbocycles. The summed E-state index contributed by atoms with van der Waals surface area (Å²) in [6, 6.07) is 7.01. The number of guanidine groups is 1. The van der Waals surface area contributed by atoms with Crippen LogP contribution >= 0.6 is 0 Å². The molecule has 2 aliphatic rings. The molecule has 1 heterocycles. The molecular weight excluding hydrogens is 322 g/mol. The molecular formula is C18H27N3O2S. The summed E-state index contributed by atoms with van der Waals surface area (Å²) in [6.07, 6.45) is 6.59. The average molecular weight is 350 g/mol. The van der Waals surface area contributed by atoms with Gasteiger partial charge in [-0.15, -0.1) is 0 Å². The van der Waals surface area contributed by atoms with Crippen LogP contribution in [0, 0.1) is 5.41 Å². The number of sulfone groups is 1. The molecule has 132 valence electrons. The number of nitrogens with zero attached hydrogens (tertiary/aromatic N) is 2. The molecule has 2 fully saturated rings. The summed E-state index contributed by atoms with van der Waals surface area (Å²) >= 11 is 0. The van der Waals surface area contributed by atoms with E-state index in [1.807, 2.05) is 12.1 Å². The highest BCUT2D eigenvalue weighted by molar-refractivity contribution is 7.90. The van der Waals surface area contributed by atoms with Crippen molar-refractivity contribution in [2.45, 2.75) is 44.0 Å². The molecule has 0 bridgehead atoms. The molecule has 1 aromatic rings. The molecule has 3 rings (SSSR count). The fraction of sp³-hybridized carbons (Fsp3) is 0.611. The molecule has 0 atom stereocenters. The maximum absolute atomic E-state index is 11.5. The third kappa shape index (κ3) is 3.74. The fourth-order valence-electron chi connectivity index (χ4n) is 3.63. The quantitative estimate of drug-likeness (QED) is 0.670. The lowest BCUT2D eigenvalue weighted by atomic mass is 9.68. The monoisotopic (exact) mass is 349 g/mol. The van der Waals surface area contributed by atoms with Crippen LogP contribution in [0.15, 0.2) is 34.2 Å². The smallest absolute Gasteiger partial charge is 0.194 e. The second-order valence-corrected chi connectivity index (χ2v) is 9.13. The van der Waals surface area contributed by atoms with Crippen LogP contribution in [-0.4, -0.2) is 45.2 Å². The topological polar surface area (TPSA) is 61.8 Å². The zero-order valence-electron chi connectivity index (χ0n) is 14.6. The highest BCUT2D eigenvalue weighted by Crippen LogP contribution is 2.47. The number of hydrogen-bond donors (Lipinski definition) is 1. The van der Waals surface area contributed by atoms with Crippen LogP contribution in [0.2, 0.25) is 0 Å². The predicted octanol–water partition coefficient (Wildman–Crippen LogP) is 2.43.